The number of rotatable bonds is 3. The minimum Gasteiger partial charge on any atom is -0.482 e. The van der Waals surface area contributed by atoms with Crippen LogP contribution in [0.2, 0.25) is 0 Å². The number of hydrogen-bond acceptors (Lipinski definition) is 6. The van der Waals surface area contributed by atoms with E-state index < -0.39 is 21.8 Å². The fraction of sp³-hybridized carbons (Fsp3) is 0.368. The molecule has 1 aromatic carbocycles. The van der Waals surface area contributed by atoms with E-state index in [0.717, 1.165) is 12.3 Å². The average Bonchev–Trinajstić information content (AvgIpc) is 2.99. The summed E-state index contributed by atoms with van der Waals surface area (Å²) in [6.45, 7) is 1.00. The van der Waals surface area contributed by atoms with Crippen LogP contribution < -0.4 is 15.0 Å². The fourth-order valence-corrected chi connectivity index (χ4v) is 4.97. The van der Waals surface area contributed by atoms with E-state index in [1.54, 1.807) is 4.90 Å². The van der Waals surface area contributed by atoms with Crippen LogP contribution in [-0.4, -0.2) is 56.4 Å². The summed E-state index contributed by atoms with van der Waals surface area (Å²) in [5, 5.41) is 2.59. The standard InChI is InChI=1S/C19H19F3N4O4S/c20-19(21,22)13-2-5-17(23-11-13)25-6-1-7-26(9-8-25)31(28,29)14-3-4-16-15(10-14)24-18(27)12-30-16/h2-5,10-11H,1,6-9,12H2,(H,24,27). The Labute approximate surface area is 176 Å². The second-order valence-corrected chi connectivity index (χ2v) is 9.08. The Bertz CT molecular complexity index is 1090. The first-order chi connectivity index (χ1) is 14.6. The average molecular weight is 456 g/mol. The molecule has 3 heterocycles. The van der Waals surface area contributed by atoms with E-state index in [-0.39, 0.29) is 37.0 Å². The topological polar surface area (TPSA) is 91.8 Å². The van der Waals surface area contributed by atoms with E-state index in [1.807, 2.05) is 0 Å². The van der Waals surface area contributed by atoms with Crippen LogP contribution in [-0.2, 0) is 21.0 Å². The van der Waals surface area contributed by atoms with Gasteiger partial charge in [-0.05, 0) is 36.8 Å². The maximum Gasteiger partial charge on any atom is 0.417 e. The van der Waals surface area contributed by atoms with Crippen LogP contribution in [0, 0.1) is 0 Å². The maximum atomic E-state index is 13.1. The molecule has 2 aromatic rings. The molecule has 0 saturated carbocycles. The molecule has 1 N–H and O–H groups in total. The minimum atomic E-state index is -4.46. The Morgan fingerprint density at radius 2 is 1.87 bits per heavy atom. The van der Waals surface area contributed by atoms with E-state index in [0.29, 0.717) is 30.2 Å². The van der Waals surface area contributed by atoms with Crippen LogP contribution in [0.4, 0.5) is 24.7 Å². The predicted molar refractivity (Wildman–Crippen MR) is 105 cm³/mol. The molecule has 0 bridgehead atoms. The van der Waals surface area contributed by atoms with Gasteiger partial charge in [0.05, 0.1) is 16.1 Å². The molecule has 2 aliphatic heterocycles. The van der Waals surface area contributed by atoms with E-state index in [4.69, 9.17) is 4.74 Å². The first-order valence-corrected chi connectivity index (χ1v) is 10.9. The SMILES string of the molecule is O=C1COc2ccc(S(=O)(=O)N3CCCN(c4ccc(C(F)(F)F)cn4)CC3)cc2N1. The summed E-state index contributed by atoms with van der Waals surface area (Å²) < 4.78 is 71.0. The van der Waals surface area contributed by atoms with Crippen molar-refractivity contribution in [3.8, 4) is 5.75 Å². The minimum absolute atomic E-state index is 0.0261. The number of amides is 1. The number of anilines is 2. The number of pyridine rings is 1. The fourth-order valence-electron chi connectivity index (χ4n) is 3.48. The maximum absolute atomic E-state index is 13.1. The van der Waals surface area contributed by atoms with Crippen molar-refractivity contribution in [1.82, 2.24) is 9.29 Å². The number of aromatic nitrogens is 1. The first-order valence-electron chi connectivity index (χ1n) is 9.50. The number of hydrogen-bond donors (Lipinski definition) is 1. The summed E-state index contributed by atoms with van der Waals surface area (Å²) in [6.07, 6.45) is -3.21. The number of carbonyl (C=O) groups is 1. The summed E-state index contributed by atoms with van der Waals surface area (Å²) >= 11 is 0. The van der Waals surface area contributed by atoms with Gasteiger partial charge in [0.2, 0.25) is 10.0 Å². The van der Waals surface area contributed by atoms with Gasteiger partial charge in [-0.3, -0.25) is 4.79 Å². The van der Waals surface area contributed by atoms with Crippen LogP contribution in [0.1, 0.15) is 12.0 Å². The molecule has 1 aromatic heterocycles. The molecule has 0 radical (unpaired) electrons. The summed E-state index contributed by atoms with van der Waals surface area (Å²) in [5.74, 6) is 0.395. The van der Waals surface area contributed by atoms with Gasteiger partial charge in [0.25, 0.3) is 5.91 Å². The van der Waals surface area contributed by atoms with Gasteiger partial charge >= 0.3 is 6.18 Å². The quantitative estimate of drug-likeness (QED) is 0.763. The zero-order chi connectivity index (χ0) is 22.2. The van der Waals surface area contributed by atoms with Crippen molar-refractivity contribution in [3.63, 3.8) is 0 Å². The molecule has 0 unspecified atom stereocenters. The number of alkyl halides is 3. The first kappa shape index (κ1) is 21.4. The number of ether oxygens (including phenoxy) is 1. The highest BCUT2D eigenvalue weighted by molar-refractivity contribution is 7.89. The molecule has 12 heteroatoms. The van der Waals surface area contributed by atoms with E-state index in [1.165, 1.54) is 28.6 Å². The molecule has 0 aliphatic carbocycles. The van der Waals surface area contributed by atoms with Crippen molar-refractivity contribution in [2.45, 2.75) is 17.5 Å². The monoisotopic (exact) mass is 456 g/mol. The highest BCUT2D eigenvalue weighted by Gasteiger charge is 2.32. The number of benzene rings is 1. The number of halogens is 3. The number of fused-ring (bicyclic) bond motifs is 1. The Kier molecular flexibility index (Phi) is 5.52. The summed E-state index contributed by atoms with van der Waals surface area (Å²) in [6, 6.07) is 6.54. The van der Waals surface area contributed by atoms with Crippen LogP contribution in [0.25, 0.3) is 0 Å². The molecule has 166 valence electrons. The largest absolute Gasteiger partial charge is 0.482 e. The van der Waals surface area contributed by atoms with Crippen molar-refractivity contribution < 1.29 is 31.1 Å². The van der Waals surface area contributed by atoms with Crippen molar-refractivity contribution >= 4 is 27.4 Å². The summed E-state index contributed by atoms with van der Waals surface area (Å²) in [7, 11) is -3.84. The lowest BCUT2D eigenvalue weighted by Gasteiger charge is -2.24. The van der Waals surface area contributed by atoms with Crippen molar-refractivity contribution in [3.05, 3.63) is 42.1 Å². The van der Waals surface area contributed by atoms with E-state index >= 15 is 0 Å². The highest BCUT2D eigenvalue weighted by Crippen LogP contribution is 2.32. The molecule has 1 saturated heterocycles. The third-order valence-corrected chi connectivity index (χ3v) is 6.97. The molecule has 1 amide bonds. The Morgan fingerprint density at radius 1 is 1.06 bits per heavy atom. The molecule has 31 heavy (non-hydrogen) atoms. The second kappa shape index (κ2) is 8.00. The van der Waals surface area contributed by atoms with Gasteiger partial charge in [0.1, 0.15) is 11.6 Å². The Morgan fingerprint density at radius 3 is 2.58 bits per heavy atom. The Hall–Kier alpha value is -2.86. The van der Waals surface area contributed by atoms with E-state index in [2.05, 4.69) is 10.3 Å². The smallest absolute Gasteiger partial charge is 0.417 e. The second-order valence-electron chi connectivity index (χ2n) is 7.14. The summed E-state index contributed by atoms with van der Waals surface area (Å²) in [5.41, 5.74) is -0.540. The third kappa shape index (κ3) is 4.44. The lowest BCUT2D eigenvalue weighted by molar-refractivity contribution is -0.137. The number of nitrogens with one attached hydrogen (secondary N) is 1. The van der Waals surface area contributed by atoms with Crippen molar-refractivity contribution in [2.24, 2.45) is 0 Å². The molecule has 0 atom stereocenters. The van der Waals surface area contributed by atoms with E-state index in [9.17, 15) is 26.4 Å². The predicted octanol–water partition coefficient (Wildman–Crippen LogP) is 2.33. The molecule has 4 rings (SSSR count). The van der Waals surface area contributed by atoms with Gasteiger partial charge in [-0.2, -0.15) is 17.5 Å². The zero-order valence-electron chi connectivity index (χ0n) is 16.2. The third-order valence-electron chi connectivity index (χ3n) is 5.08. The number of sulfonamides is 1. The number of nitrogens with zero attached hydrogens (tertiary/aromatic N) is 3. The molecule has 1 fully saturated rings. The van der Waals surface area contributed by atoms with Gasteiger partial charge in [-0.15, -0.1) is 0 Å². The van der Waals surface area contributed by atoms with Crippen LogP contribution in [0.3, 0.4) is 0 Å². The van der Waals surface area contributed by atoms with Crippen molar-refractivity contribution in [2.75, 3.05) is 43.0 Å². The molecule has 2 aliphatic rings. The normalized spacial score (nSPS) is 18.0. The molecule has 0 spiro atoms. The van der Waals surface area contributed by atoms with Gasteiger partial charge < -0.3 is 15.0 Å². The van der Waals surface area contributed by atoms with Gasteiger partial charge in [0, 0.05) is 32.4 Å². The Balaban J connectivity index is 1.49. The lowest BCUT2D eigenvalue weighted by Crippen LogP contribution is -2.35. The summed E-state index contributed by atoms with van der Waals surface area (Å²) in [4.78, 5) is 17.2. The number of carbonyl (C=O) groups excluding carboxylic acids is 1. The van der Waals surface area contributed by atoms with Gasteiger partial charge in [0.15, 0.2) is 6.61 Å². The molecule has 8 nitrogen and oxygen atoms in total. The highest BCUT2D eigenvalue weighted by atomic mass is 32.2. The lowest BCUT2D eigenvalue weighted by atomic mass is 10.2. The molecular formula is C19H19F3N4O4S. The van der Waals surface area contributed by atoms with Gasteiger partial charge in [-0.1, -0.05) is 0 Å². The van der Waals surface area contributed by atoms with Crippen LogP contribution in [0.5, 0.6) is 5.75 Å². The van der Waals surface area contributed by atoms with Crippen LogP contribution in [0.15, 0.2) is 41.4 Å². The zero-order valence-corrected chi connectivity index (χ0v) is 17.0. The molecular weight excluding hydrogens is 437 g/mol. The van der Waals surface area contributed by atoms with Crippen molar-refractivity contribution in [1.29, 1.82) is 0 Å². The van der Waals surface area contributed by atoms with Crippen LogP contribution >= 0.6 is 0 Å². The van der Waals surface area contributed by atoms with Gasteiger partial charge in [-0.25, -0.2) is 13.4 Å².